The molecule has 0 aromatic carbocycles. The molecule has 1 saturated heterocycles. The lowest BCUT2D eigenvalue weighted by Gasteiger charge is -2.15. The molecule has 0 aliphatic carbocycles. The molecule has 1 aliphatic heterocycles. The van der Waals surface area contributed by atoms with E-state index in [2.05, 4.69) is 12.2 Å². The second kappa shape index (κ2) is 4.46. The minimum atomic E-state index is 0.0337. The van der Waals surface area contributed by atoms with Crippen molar-refractivity contribution in [3.05, 3.63) is 0 Å². The van der Waals surface area contributed by atoms with E-state index in [1.54, 1.807) is 7.05 Å². The number of urea groups is 1. The highest BCUT2D eigenvalue weighted by molar-refractivity contribution is 5.74. The number of likely N-dealkylation sites (tertiary alicyclic amines) is 1. The number of carbonyl (C=O) groups excluding carboxylic acids is 1. The van der Waals surface area contributed by atoms with Crippen molar-refractivity contribution in [2.45, 2.75) is 13.3 Å². The van der Waals surface area contributed by atoms with E-state index >= 15 is 0 Å². The average Bonchev–Trinajstić information content (AvgIpc) is 2.47. The van der Waals surface area contributed by atoms with Gasteiger partial charge in [-0.05, 0) is 24.8 Å². The summed E-state index contributed by atoms with van der Waals surface area (Å²) in [6.45, 7) is 4.63. The standard InChI is InChI=1S/C9H19N3O/c1-7-5-12(9(13)11-2)6-8(7)3-4-10/h7-8H,3-6,10H2,1-2H3,(H,11,13)/t7-,8-/m1/s1. The van der Waals surface area contributed by atoms with E-state index in [0.717, 1.165) is 26.1 Å². The van der Waals surface area contributed by atoms with Gasteiger partial charge in [-0.1, -0.05) is 6.92 Å². The van der Waals surface area contributed by atoms with Crippen LogP contribution in [0.1, 0.15) is 13.3 Å². The third kappa shape index (κ3) is 2.34. The molecule has 1 aliphatic rings. The van der Waals surface area contributed by atoms with Crippen LogP contribution in [0.4, 0.5) is 4.79 Å². The zero-order valence-corrected chi connectivity index (χ0v) is 8.42. The van der Waals surface area contributed by atoms with Crippen LogP contribution in [-0.2, 0) is 0 Å². The molecule has 2 atom stereocenters. The van der Waals surface area contributed by atoms with Crippen molar-refractivity contribution in [3.8, 4) is 0 Å². The van der Waals surface area contributed by atoms with Crippen molar-refractivity contribution in [2.24, 2.45) is 17.6 Å². The highest BCUT2D eigenvalue weighted by Gasteiger charge is 2.31. The van der Waals surface area contributed by atoms with E-state index in [-0.39, 0.29) is 6.03 Å². The Labute approximate surface area is 79.5 Å². The topological polar surface area (TPSA) is 58.4 Å². The maximum atomic E-state index is 11.3. The smallest absolute Gasteiger partial charge is 0.317 e. The zero-order valence-electron chi connectivity index (χ0n) is 8.42. The molecule has 0 saturated carbocycles. The van der Waals surface area contributed by atoms with Gasteiger partial charge in [0.05, 0.1) is 0 Å². The predicted molar refractivity (Wildman–Crippen MR) is 52.4 cm³/mol. The summed E-state index contributed by atoms with van der Waals surface area (Å²) in [4.78, 5) is 13.2. The molecule has 2 amide bonds. The maximum absolute atomic E-state index is 11.3. The van der Waals surface area contributed by atoms with Crippen molar-refractivity contribution in [2.75, 3.05) is 26.7 Å². The fraction of sp³-hybridized carbons (Fsp3) is 0.889. The number of hydrogen-bond acceptors (Lipinski definition) is 2. The molecule has 0 bridgehead atoms. The second-order valence-corrected chi connectivity index (χ2v) is 3.77. The number of amides is 2. The summed E-state index contributed by atoms with van der Waals surface area (Å²) in [5.41, 5.74) is 5.51. The number of rotatable bonds is 2. The molecule has 0 aromatic rings. The molecule has 0 radical (unpaired) electrons. The number of hydrogen-bond donors (Lipinski definition) is 2. The van der Waals surface area contributed by atoms with Gasteiger partial charge in [-0.25, -0.2) is 4.79 Å². The Morgan fingerprint density at radius 2 is 2.31 bits per heavy atom. The first-order valence-corrected chi connectivity index (χ1v) is 4.85. The zero-order chi connectivity index (χ0) is 9.84. The Hall–Kier alpha value is -0.770. The Kier molecular flexibility index (Phi) is 3.54. The van der Waals surface area contributed by atoms with Gasteiger partial charge in [0.25, 0.3) is 0 Å². The monoisotopic (exact) mass is 185 g/mol. The van der Waals surface area contributed by atoms with Gasteiger partial charge in [0.1, 0.15) is 0 Å². The van der Waals surface area contributed by atoms with Crippen LogP contribution in [-0.4, -0.2) is 37.6 Å². The van der Waals surface area contributed by atoms with Gasteiger partial charge in [0, 0.05) is 20.1 Å². The normalized spacial score (nSPS) is 27.8. The van der Waals surface area contributed by atoms with Crippen LogP contribution in [0.15, 0.2) is 0 Å². The van der Waals surface area contributed by atoms with Crippen molar-refractivity contribution < 1.29 is 4.79 Å². The lowest BCUT2D eigenvalue weighted by Crippen LogP contribution is -2.36. The molecular weight excluding hydrogens is 166 g/mol. The van der Waals surface area contributed by atoms with Gasteiger partial charge >= 0.3 is 6.03 Å². The van der Waals surface area contributed by atoms with Gasteiger partial charge in [-0.2, -0.15) is 0 Å². The highest BCUT2D eigenvalue weighted by Crippen LogP contribution is 2.24. The lowest BCUT2D eigenvalue weighted by atomic mass is 9.95. The first-order chi connectivity index (χ1) is 6.19. The molecule has 0 aromatic heterocycles. The minimum Gasteiger partial charge on any atom is -0.341 e. The SMILES string of the molecule is CNC(=O)N1C[C@@H](CCN)[C@H](C)C1. The number of nitrogens with zero attached hydrogens (tertiary/aromatic N) is 1. The van der Waals surface area contributed by atoms with E-state index in [9.17, 15) is 4.79 Å². The van der Waals surface area contributed by atoms with Crippen LogP contribution in [0.25, 0.3) is 0 Å². The largest absolute Gasteiger partial charge is 0.341 e. The molecule has 4 heteroatoms. The third-order valence-electron chi connectivity index (χ3n) is 2.81. The molecule has 0 spiro atoms. The summed E-state index contributed by atoms with van der Waals surface area (Å²) in [5.74, 6) is 1.17. The van der Waals surface area contributed by atoms with Gasteiger partial charge < -0.3 is 16.0 Å². The molecule has 3 N–H and O–H groups in total. The number of nitrogens with two attached hydrogens (primary N) is 1. The Bertz CT molecular complexity index is 184. The van der Waals surface area contributed by atoms with Crippen molar-refractivity contribution in [1.29, 1.82) is 0 Å². The first kappa shape index (κ1) is 10.3. The van der Waals surface area contributed by atoms with Gasteiger partial charge in [0.15, 0.2) is 0 Å². The third-order valence-corrected chi connectivity index (χ3v) is 2.81. The van der Waals surface area contributed by atoms with Gasteiger partial charge in [-0.15, -0.1) is 0 Å². The summed E-state index contributed by atoms with van der Waals surface area (Å²) in [6.07, 6.45) is 1.02. The molecule has 13 heavy (non-hydrogen) atoms. The minimum absolute atomic E-state index is 0.0337. The van der Waals surface area contributed by atoms with Crippen LogP contribution < -0.4 is 11.1 Å². The Balaban J connectivity index is 2.44. The first-order valence-electron chi connectivity index (χ1n) is 4.85. The Morgan fingerprint density at radius 3 is 2.85 bits per heavy atom. The molecule has 76 valence electrons. The molecule has 4 nitrogen and oxygen atoms in total. The lowest BCUT2D eigenvalue weighted by molar-refractivity contribution is 0.208. The van der Waals surface area contributed by atoms with Crippen molar-refractivity contribution in [3.63, 3.8) is 0 Å². The van der Waals surface area contributed by atoms with Crippen molar-refractivity contribution >= 4 is 6.03 Å². The van der Waals surface area contributed by atoms with Crippen LogP contribution in [0.2, 0.25) is 0 Å². The quantitative estimate of drug-likeness (QED) is 0.647. The average molecular weight is 185 g/mol. The van der Waals surface area contributed by atoms with Crippen LogP contribution in [0.3, 0.4) is 0 Å². The molecular formula is C9H19N3O. The van der Waals surface area contributed by atoms with E-state index in [1.807, 2.05) is 4.90 Å². The predicted octanol–water partition coefficient (Wildman–Crippen LogP) is 0.243. The summed E-state index contributed by atoms with van der Waals surface area (Å²) >= 11 is 0. The van der Waals surface area contributed by atoms with Gasteiger partial charge in [0.2, 0.25) is 0 Å². The van der Waals surface area contributed by atoms with Gasteiger partial charge in [-0.3, -0.25) is 0 Å². The molecule has 1 rings (SSSR count). The summed E-state index contributed by atoms with van der Waals surface area (Å²) < 4.78 is 0. The van der Waals surface area contributed by atoms with Crippen LogP contribution >= 0.6 is 0 Å². The second-order valence-electron chi connectivity index (χ2n) is 3.77. The van der Waals surface area contributed by atoms with E-state index in [0.29, 0.717) is 11.8 Å². The van der Waals surface area contributed by atoms with Crippen LogP contribution in [0.5, 0.6) is 0 Å². The maximum Gasteiger partial charge on any atom is 0.317 e. The molecule has 1 fully saturated rings. The fourth-order valence-corrected chi connectivity index (χ4v) is 1.95. The van der Waals surface area contributed by atoms with E-state index in [4.69, 9.17) is 5.73 Å². The van der Waals surface area contributed by atoms with Crippen molar-refractivity contribution in [1.82, 2.24) is 10.2 Å². The van der Waals surface area contributed by atoms with Crippen LogP contribution in [0, 0.1) is 11.8 Å². The summed E-state index contributed by atoms with van der Waals surface area (Å²) in [7, 11) is 1.67. The summed E-state index contributed by atoms with van der Waals surface area (Å²) in [6, 6.07) is 0.0337. The highest BCUT2D eigenvalue weighted by atomic mass is 16.2. The fourth-order valence-electron chi connectivity index (χ4n) is 1.95. The van der Waals surface area contributed by atoms with E-state index in [1.165, 1.54) is 0 Å². The summed E-state index contributed by atoms with van der Waals surface area (Å²) in [5, 5.41) is 2.65. The molecule has 1 heterocycles. The number of carbonyl (C=O) groups is 1. The molecule has 0 unspecified atom stereocenters. The number of nitrogens with one attached hydrogen (secondary N) is 1. The Morgan fingerprint density at radius 1 is 1.62 bits per heavy atom. The van der Waals surface area contributed by atoms with E-state index < -0.39 is 0 Å².